The monoisotopic (exact) mass is 268 g/mol. The minimum atomic E-state index is 0.740. The zero-order chi connectivity index (χ0) is 13.5. The fourth-order valence-electron chi connectivity index (χ4n) is 2.81. The van der Waals surface area contributed by atoms with Crippen molar-refractivity contribution >= 4 is 16.9 Å². The van der Waals surface area contributed by atoms with Gasteiger partial charge in [0.25, 0.3) is 0 Å². The molecule has 20 heavy (non-hydrogen) atoms. The lowest BCUT2D eigenvalue weighted by Gasteiger charge is -2.10. The Hall–Kier alpha value is -2.37. The fraction of sp³-hybridized carbons (Fsp3) is 0.357. The number of H-pyrrole nitrogens is 1. The Balaban J connectivity index is 1.79. The first-order valence-electron chi connectivity index (χ1n) is 6.92. The second kappa shape index (κ2) is 4.33. The number of aromatic nitrogens is 5. The second-order valence-corrected chi connectivity index (χ2v) is 5.17. The lowest BCUT2D eigenvalue weighted by atomic mass is 10.2. The smallest absolute Gasteiger partial charge is 0.245 e. The summed E-state index contributed by atoms with van der Waals surface area (Å²) in [5, 5.41) is 13.0. The lowest BCUT2D eigenvalue weighted by molar-refractivity contribution is 0.798. The van der Waals surface area contributed by atoms with Crippen LogP contribution >= 0.6 is 0 Å². The Bertz CT molecular complexity index is 750. The zero-order valence-corrected chi connectivity index (χ0v) is 11.4. The quantitative estimate of drug-likeness (QED) is 0.771. The number of rotatable bonds is 2. The maximum atomic E-state index is 4.61. The molecule has 6 heteroatoms. The maximum Gasteiger partial charge on any atom is 0.245 e. The summed E-state index contributed by atoms with van der Waals surface area (Å²) in [5.41, 5.74) is 1.96. The van der Waals surface area contributed by atoms with E-state index in [-0.39, 0.29) is 0 Å². The van der Waals surface area contributed by atoms with Gasteiger partial charge in [0.1, 0.15) is 5.69 Å². The molecule has 0 bridgehead atoms. The zero-order valence-electron chi connectivity index (χ0n) is 11.4. The molecule has 1 fully saturated rings. The number of aryl methyl sites for hydroxylation is 1. The number of nitrogens with zero attached hydrogens (tertiary/aromatic N) is 5. The molecule has 0 spiro atoms. The van der Waals surface area contributed by atoms with Gasteiger partial charge < -0.3 is 4.90 Å². The van der Waals surface area contributed by atoms with Gasteiger partial charge in [0, 0.05) is 25.5 Å². The number of para-hydroxylation sites is 1. The molecule has 1 aliphatic rings. The molecular weight excluding hydrogens is 252 g/mol. The summed E-state index contributed by atoms with van der Waals surface area (Å²) in [6, 6.07) is 8.16. The summed E-state index contributed by atoms with van der Waals surface area (Å²) in [5.74, 6) is 1.52. The number of fused-ring (bicyclic) bond motifs is 1. The minimum Gasteiger partial charge on any atom is -0.340 e. The molecule has 3 aromatic rings. The van der Waals surface area contributed by atoms with Crippen LogP contribution in [0.3, 0.4) is 0 Å². The Morgan fingerprint density at radius 2 is 1.95 bits per heavy atom. The first kappa shape index (κ1) is 11.5. The standard InChI is InChI=1S/C14H16N6/c1-19-11-7-3-2-6-10(11)12(18-19)13-15-14(17-16-13)20-8-4-5-9-20/h2-3,6-7H,4-5,8-9H2,1H3,(H,15,16,17). The molecular formula is C14H16N6. The van der Waals surface area contributed by atoms with Crippen LogP contribution in [0.4, 0.5) is 5.95 Å². The fourth-order valence-corrected chi connectivity index (χ4v) is 2.81. The van der Waals surface area contributed by atoms with Crippen LogP contribution in [-0.4, -0.2) is 38.1 Å². The van der Waals surface area contributed by atoms with Gasteiger partial charge in [-0.25, -0.2) is 0 Å². The molecule has 0 unspecified atom stereocenters. The van der Waals surface area contributed by atoms with E-state index in [1.165, 1.54) is 12.8 Å². The maximum absolute atomic E-state index is 4.61. The van der Waals surface area contributed by atoms with E-state index in [2.05, 4.69) is 37.3 Å². The van der Waals surface area contributed by atoms with E-state index >= 15 is 0 Å². The molecule has 0 atom stereocenters. The molecule has 0 amide bonds. The predicted octanol–water partition coefficient (Wildman–Crippen LogP) is 1.96. The highest BCUT2D eigenvalue weighted by Gasteiger charge is 2.19. The van der Waals surface area contributed by atoms with Gasteiger partial charge in [-0.2, -0.15) is 10.1 Å². The van der Waals surface area contributed by atoms with Gasteiger partial charge in [-0.1, -0.05) is 18.2 Å². The van der Waals surface area contributed by atoms with Crippen molar-refractivity contribution in [3.8, 4) is 11.5 Å². The van der Waals surface area contributed by atoms with Crippen LogP contribution in [0, 0.1) is 0 Å². The van der Waals surface area contributed by atoms with Crippen molar-refractivity contribution in [1.29, 1.82) is 0 Å². The second-order valence-electron chi connectivity index (χ2n) is 5.17. The van der Waals surface area contributed by atoms with E-state index in [4.69, 9.17) is 0 Å². The Morgan fingerprint density at radius 1 is 1.15 bits per heavy atom. The molecule has 1 aromatic carbocycles. The third kappa shape index (κ3) is 1.68. The summed E-state index contributed by atoms with van der Waals surface area (Å²) in [7, 11) is 1.95. The van der Waals surface area contributed by atoms with Gasteiger partial charge in [0.2, 0.25) is 5.95 Å². The van der Waals surface area contributed by atoms with Crippen LogP contribution in [-0.2, 0) is 7.05 Å². The summed E-state index contributed by atoms with van der Waals surface area (Å²) in [4.78, 5) is 6.82. The number of aromatic amines is 1. The van der Waals surface area contributed by atoms with E-state index in [1.807, 2.05) is 23.9 Å². The molecule has 102 valence electrons. The normalized spacial score (nSPS) is 15.3. The van der Waals surface area contributed by atoms with Crippen LogP contribution in [0.15, 0.2) is 24.3 Å². The minimum absolute atomic E-state index is 0.740. The average molecular weight is 268 g/mol. The van der Waals surface area contributed by atoms with Crippen LogP contribution in [0.5, 0.6) is 0 Å². The first-order chi connectivity index (χ1) is 9.83. The molecule has 1 N–H and O–H groups in total. The highest BCUT2D eigenvalue weighted by atomic mass is 15.4. The van der Waals surface area contributed by atoms with E-state index in [1.54, 1.807) is 0 Å². The molecule has 3 heterocycles. The SMILES string of the molecule is Cn1nc(-c2nc(N3CCCC3)n[nH]2)c2ccccc21. The molecule has 0 saturated carbocycles. The summed E-state index contributed by atoms with van der Waals surface area (Å²) < 4.78 is 1.88. The molecule has 4 rings (SSSR count). The van der Waals surface area contributed by atoms with Crippen molar-refractivity contribution in [3.05, 3.63) is 24.3 Å². The van der Waals surface area contributed by atoms with Crippen molar-refractivity contribution in [3.63, 3.8) is 0 Å². The summed E-state index contributed by atoms with van der Waals surface area (Å²) in [6.45, 7) is 2.08. The van der Waals surface area contributed by atoms with Crippen LogP contribution in [0.25, 0.3) is 22.4 Å². The number of hydrogen-bond donors (Lipinski definition) is 1. The first-order valence-corrected chi connectivity index (χ1v) is 6.92. The molecule has 1 aliphatic heterocycles. The molecule has 2 aromatic heterocycles. The van der Waals surface area contributed by atoms with Crippen molar-refractivity contribution < 1.29 is 0 Å². The van der Waals surface area contributed by atoms with Crippen molar-refractivity contribution in [2.24, 2.45) is 7.05 Å². The lowest BCUT2D eigenvalue weighted by Crippen LogP contribution is -2.18. The Labute approximate surface area is 116 Å². The topological polar surface area (TPSA) is 62.6 Å². The Kier molecular flexibility index (Phi) is 2.48. The third-order valence-corrected chi connectivity index (χ3v) is 3.84. The summed E-state index contributed by atoms with van der Waals surface area (Å²) in [6.07, 6.45) is 2.44. The number of benzene rings is 1. The molecule has 1 saturated heterocycles. The predicted molar refractivity (Wildman–Crippen MR) is 77.5 cm³/mol. The van der Waals surface area contributed by atoms with Crippen molar-refractivity contribution in [2.45, 2.75) is 12.8 Å². The molecule has 0 radical (unpaired) electrons. The number of nitrogens with one attached hydrogen (secondary N) is 1. The van der Waals surface area contributed by atoms with Gasteiger partial charge in [-0.15, -0.1) is 5.10 Å². The molecule has 6 nitrogen and oxygen atoms in total. The van der Waals surface area contributed by atoms with E-state index in [0.717, 1.165) is 41.5 Å². The van der Waals surface area contributed by atoms with Gasteiger partial charge in [0.15, 0.2) is 5.82 Å². The van der Waals surface area contributed by atoms with Gasteiger partial charge in [-0.3, -0.25) is 9.78 Å². The van der Waals surface area contributed by atoms with Crippen LogP contribution in [0.1, 0.15) is 12.8 Å². The Morgan fingerprint density at radius 3 is 2.80 bits per heavy atom. The van der Waals surface area contributed by atoms with Crippen LogP contribution in [0.2, 0.25) is 0 Å². The third-order valence-electron chi connectivity index (χ3n) is 3.84. The van der Waals surface area contributed by atoms with Crippen molar-refractivity contribution in [1.82, 2.24) is 25.0 Å². The number of anilines is 1. The number of hydrogen-bond acceptors (Lipinski definition) is 4. The van der Waals surface area contributed by atoms with E-state index in [0.29, 0.717) is 0 Å². The van der Waals surface area contributed by atoms with E-state index in [9.17, 15) is 0 Å². The van der Waals surface area contributed by atoms with Gasteiger partial charge in [0.05, 0.1) is 5.52 Å². The average Bonchev–Trinajstić information content (AvgIpc) is 3.17. The van der Waals surface area contributed by atoms with E-state index < -0.39 is 0 Å². The highest BCUT2D eigenvalue weighted by Crippen LogP contribution is 2.26. The highest BCUT2D eigenvalue weighted by molar-refractivity contribution is 5.91. The largest absolute Gasteiger partial charge is 0.340 e. The van der Waals surface area contributed by atoms with Crippen LogP contribution < -0.4 is 4.90 Å². The van der Waals surface area contributed by atoms with Crippen molar-refractivity contribution in [2.75, 3.05) is 18.0 Å². The molecule has 0 aliphatic carbocycles. The van der Waals surface area contributed by atoms with Gasteiger partial charge in [-0.05, 0) is 18.9 Å². The van der Waals surface area contributed by atoms with Gasteiger partial charge >= 0.3 is 0 Å². The summed E-state index contributed by atoms with van der Waals surface area (Å²) >= 11 is 0.